The van der Waals surface area contributed by atoms with Crippen molar-refractivity contribution in [3.05, 3.63) is 53.9 Å². The van der Waals surface area contributed by atoms with Crippen LogP contribution in [0.5, 0.6) is 0 Å². The van der Waals surface area contributed by atoms with Crippen molar-refractivity contribution < 1.29 is 27.6 Å². The van der Waals surface area contributed by atoms with Gasteiger partial charge in [0.25, 0.3) is 5.91 Å². The molecule has 31 heavy (non-hydrogen) atoms. The first-order valence-corrected chi connectivity index (χ1v) is 9.94. The third kappa shape index (κ3) is 4.98. The van der Waals surface area contributed by atoms with Crippen LogP contribution < -0.4 is 10.6 Å². The van der Waals surface area contributed by atoms with Gasteiger partial charge < -0.3 is 10.6 Å². The highest BCUT2D eigenvalue weighted by atomic mass is 32.2. The Labute approximate surface area is 180 Å². The number of thioether (sulfide) groups is 1. The average molecular weight is 452 g/mol. The van der Waals surface area contributed by atoms with Gasteiger partial charge in [0.05, 0.1) is 12.1 Å². The summed E-state index contributed by atoms with van der Waals surface area (Å²) in [6.07, 6.45) is 1.43. The fraction of sp³-hybridized carbons (Fsp3) is 0.300. The molecular formula is C20H19F3N4O3S. The van der Waals surface area contributed by atoms with Crippen molar-refractivity contribution >= 4 is 35.3 Å². The van der Waals surface area contributed by atoms with E-state index in [1.807, 2.05) is 0 Å². The molecule has 0 saturated carbocycles. The lowest BCUT2D eigenvalue weighted by molar-refractivity contribution is -0.123. The number of hydrogen-bond donors (Lipinski definition) is 1. The monoisotopic (exact) mass is 452 g/mol. The minimum Gasteiger partial charge on any atom is -0.369 e. The first-order valence-electron chi connectivity index (χ1n) is 9.12. The molecule has 2 N–H and O–H groups in total. The van der Waals surface area contributed by atoms with Crippen molar-refractivity contribution in [3.63, 3.8) is 0 Å². The molecule has 2 aromatic rings. The summed E-state index contributed by atoms with van der Waals surface area (Å²) >= 11 is -0.276. The number of hydrogen-bond acceptors (Lipinski definition) is 5. The Bertz CT molecular complexity index is 1030. The zero-order valence-corrected chi connectivity index (χ0v) is 17.5. The van der Waals surface area contributed by atoms with Gasteiger partial charge in [-0.05, 0) is 67.6 Å². The Balaban J connectivity index is 1.84. The summed E-state index contributed by atoms with van der Waals surface area (Å²) in [4.78, 5) is 43.5. The second-order valence-electron chi connectivity index (χ2n) is 7.41. The number of rotatable bonds is 6. The van der Waals surface area contributed by atoms with Gasteiger partial charge in [-0.25, -0.2) is 9.69 Å². The standard InChI is InChI=1S/C20H19F3N4O3S/c1-19(2)17(29)27(14-3-5-15(6-4-14)31-20(21,22)23)18(30)26(19)11-12-7-8-25-13(9-12)10-16(24)28/h3-9H,10-11H2,1-2H3,(H2,24,28). The van der Waals surface area contributed by atoms with E-state index in [0.717, 1.165) is 4.90 Å². The molecule has 1 aromatic heterocycles. The number of pyridine rings is 1. The lowest BCUT2D eigenvalue weighted by Crippen LogP contribution is -2.43. The fourth-order valence-corrected chi connectivity index (χ4v) is 3.75. The molecule has 0 unspecified atom stereocenters. The zero-order chi connectivity index (χ0) is 23.0. The number of nitrogens with two attached hydrogens (primary N) is 1. The quantitative estimate of drug-likeness (QED) is 0.535. The fourth-order valence-electron chi connectivity index (χ4n) is 3.21. The van der Waals surface area contributed by atoms with Gasteiger partial charge >= 0.3 is 11.5 Å². The summed E-state index contributed by atoms with van der Waals surface area (Å²) in [6, 6.07) is 7.72. The molecule has 0 atom stereocenters. The van der Waals surface area contributed by atoms with Crippen LogP contribution in [-0.4, -0.2) is 38.8 Å². The Morgan fingerprint density at radius 2 is 1.81 bits per heavy atom. The van der Waals surface area contributed by atoms with Crippen LogP contribution in [0.4, 0.5) is 23.7 Å². The molecule has 1 aromatic carbocycles. The van der Waals surface area contributed by atoms with E-state index in [4.69, 9.17) is 5.73 Å². The smallest absolute Gasteiger partial charge is 0.369 e. The lowest BCUT2D eigenvalue weighted by atomic mass is 10.0. The molecule has 4 amide bonds. The predicted molar refractivity (Wildman–Crippen MR) is 108 cm³/mol. The van der Waals surface area contributed by atoms with E-state index in [9.17, 15) is 27.6 Å². The molecule has 0 bridgehead atoms. The van der Waals surface area contributed by atoms with Gasteiger partial charge in [0.15, 0.2) is 0 Å². The average Bonchev–Trinajstić information content (AvgIpc) is 2.81. The van der Waals surface area contributed by atoms with Crippen molar-refractivity contribution in [2.45, 2.75) is 42.8 Å². The number of halogens is 3. The summed E-state index contributed by atoms with van der Waals surface area (Å²) < 4.78 is 37.6. The number of nitrogens with zero attached hydrogens (tertiary/aromatic N) is 3. The van der Waals surface area contributed by atoms with E-state index in [-0.39, 0.29) is 35.3 Å². The Kier molecular flexibility index (Phi) is 5.99. The highest BCUT2D eigenvalue weighted by molar-refractivity contribution is 8.00. The number of alkyl halides is 3. The largest absolute Gasteiger partial charge is 0.446 e. The molecule has 11 heteroatoms. The number of amides is 4. The summed E-state index contributed by atoms with van der Waals surface area (Å²) in [5, 5.41) is 0. The van der Waals surface area contributed by atoms with E-state index in [1.165, 1.54) is 35.4 Å². The SMILES string of the molecule is CC1(C)C(=O)N(c2ccc(SC(F)(F)F)cc2)C(=O)N1Cc1ccnc(CC(N)=O)c1. The van der Waals surface area contributed by atoms with Crippen LogP contribution in [0, 0.1) is 0 Å². The molecule has 0 radical (unpaired) electrons. The molecule has 164 valence electrons. The second-order valence-corrected chi connectivity index (χ2v) is 8.55. The van der Waals surface area contributed by atoms with Crippen molar-refractivity contribution in [3.8, 4) is 0 Å². The van der Waals surface area contributed by atoms with Crippen molar-refractivity contribution in [2.24, 2.45) is 5.73 Å². The van der Waals surface area contributed by atoms with Crippen LogP contribution in [0.3, 0.4) is 0 Å². The number of imide groups is 1. The van der Waals surface area contributed by atoms with Gasteiger partial charge in [0.1, 0.15) is 5.54 Å². The number of primary amides is 1. The maximum atomic E-state index is 13.1. The minimum atomic E-state index is -4.43. The molecule has 2 heterocycles. The number of carbonyl (C=O) groups excluding carboxylic acids is 3. The molecule has 0 aliphatic carbocycles. The van der Waals surface area contributed by atoms with Crippen LogP contribution in [-0.2, 0) is 22.6 Å². The Morgan fingerprint density at radius 1 is 1.16 bits per heavy atom. The highest BCUT2D eigenvalue weighted by Crippen LogP contribution is 2.38. The van der Waals surface area contributed by atoms with Gasteiger partial charge in [-0.15, -0.1) is 0 Å². The van der Waals surface area contributed by atoms with E-state index in [0.29, 0.717) is 11.3 Å². The second kappa shape index (κ2) is 8.22. The summed E-state index contributed by atoms with van der Waals surface area (Å²) in [5.41, 5.74) is 0.840. The number of aromatic nitrogens is 1. The minimum absolute atomic E-state index is 0.0507. The van der Waals surface area contributed by atoms with Crippen molar-refractivity contribution in [1.29, 1.82) is 0 Å². The van der Waals surface area contributed by atoms with Gasteiger partial charge in [0.2, 0.25) is 5.91 Å². The van der Waals surface area contributed by atoms with Gasteiger partial charge in [-0.3, -0.25) is 14.6 Å². The molecule has 0 spiro atoms. The van der Waals surface area contributed by atoms with Crippen LogP contribution in [0.1, 0.15) is 25.1 Å². The number of benzene rings is 1. The Hall–Kier alpha value is -3.08. The van der Waals surface area contributed by atoms with Crippen molar-refractivity contribution in [2.75, 3.05) is 4.90 Å². The van der Waals surface area contributed by atoms with Crippen LogP contribution in [0.25, 0.3) is 0 Å². The topological polar surface area (TPSA) is 96.6 Å². The molecule has 1 aliphatic heterocycles. The maximum Gasteiger partial charge on any atom is 0.446 e. The zero-order valence-electron chi connectivity index (χ0n) is 16.6. The van der Waals surface area contributed by atoms with Crippen LogP contribution in [0.15, 0.2) is 47.5 Å². The predicted octanol–water partition coefficient (Wildman–Crippen LogP) is 3.47. The van der Waals surface area contributed by atoms with E-state index < -0.39 is 28.9 Å². The third-order valence-electron chi connectivity index (χ3n) is 4.73. The number of anilines is 1. The molecular weight excluding hydrogens is 433 g/mol. The van der Waals surface area contributed by atoms with E-state index >= 15 is 0 Å². The summed E-state index contributed by atoms with van der Waals surface area (Å²) in [7, 11) is 0. The molecule has 7 nitrogen and oxygen atoms in total. The molecule has 1 fully saturated rings. The molecule has 3 rings (SSSR count). The molecule has 1 aliphatic rings. The normalized spacial score (nSPS) is 16.2. The highest BCUT2D eigenvalue weighted by Gasteiger charge is 2.51. The van der Waals surface area contributed by atoms with Gasteiger partial charge in [-0.2, -0.15) is 13.2 Å². The number of carbonyl (C=O) groups is 3. The third-order valence-corrected chi connectivity index (χ3v) is 5.47. The summed E-state index contributed by atoms with van der Waals surface area (Å²) in [5.74, 6) is -1.05. The van der Waals surface area contributed by atoms with E-state index in [1.54, 1.807) is 26.0 Å². The van der Waals surface area contributed by atoms with Crippen molar-refractivity contribution in [1.82, 2.24) is 9.88 Å². The summed E-state index contributed by atoms with van der Waals surface area (Å²) in [6.45, 7) is 3.25. The van der Waals surface area contributed by atoms with Crippen LogP contribution in [0.2, 0.25) is 0 Å². The van der Waals surface area contributed by atoms with Gasteiger partial charge in [0, 0.05) is 23.3 Å². The first-order chi connectivity index (χ1) is 14.4. The Morgan fingerprint density at radius 3 is 2.39 bits per heavy atom. The lowest BCUT2D eigenvalue weighted by Gasteiger charge is -2.27. The number of urea groups is 1. The molecule has 1 saturated heterocycles. The van der Waals surface area contributed by atoms with Gasteiger partial charge in [-0.1, -0.05) is 0 Å². The first kappa shape index (κ1) is 22.6. The van der Waals surface area contributed by atoms with Crippen LogP contribution >= 0.6 is 11.8 Å². The maximum absolute atomic E-state index is 13.1. The van der Waals surface area contributed by atoms with E-state index in [2.05, 4.69) is 4.98 Å².